The lowest BCUT2D eigenvalue weighted by atomic mass is 9.89. The molecule has 0 atom stereocenters. The van der Waals surface area contributed by atoms with Gasteiger partial charge in [0.1, 0.15) is 0 Å². The van der Waals surface area contributed by atoms with Gasteiger partial charge in [-0.2, -0.15) is 0 Å². The fraction of sp³-hybridized carbons (Fsp3) is 0.0172. The minimum absolute atomic E-state index is 0.716. The first-order valence-electron chi connectivity index (χ1n) is 42.7. The van der Waals surface area contributed by atoms with Crippen LogP contribution in [-0.2, 0) is 12.8 Å². The van der Waals surface area contributed by atoms with Crippen molar-refractivity contribution in [3.63, 3.8) is 0 Å². The minimum atomic E-state index is 0.716. The Bertz CT molecular complexity index is 8810. The molecule has 26 rings (SSSR count). The molecule has 8 heteroatoms. The van der Waals surface area contributed by atoms with Crippen LogP contribution in [0.15, 0.2) is 407 Å². The molecule has 0 unspecified atom stereocenters. The van der Waals surface area contributed by atoms with Crippen LogP contribution in [0.2, 0.25) is 0 Å². The summed E-state index contributed by atoms with van der Waals surface area (Å²) in [6.07, 6.45) is 17.2. The highest BCUT2D eigenvalue weighted by molar-refractivity contribution is 6.20. The van der Waals surface area contributed by atoms with Gasteiger partial charge in [0, 0.05) is 110 Å². The fourth-order valence-corrected chi connectivity index (χ4v) is 20.8. The molecule has 8 aromatic heterocycles. The van der Waals surface area contributed by atoms with E-state index in [-0.39, 0.29) is 0 Å². The first-order chi connectivity index (χ1) is 61.5. The highest BCUT2D eigenvalue weighted by Crippen LogP contribution is 2.48. The molecule has 2 aliphatic carbocycles. The third-order valence-electron chi connectivity index (χ3n) is 26.2. The van der Waals surface area contributed by atoms with Gasteiger partial charge in [-0.3, -0.25) is 4.98 Å². The van der Waals surface area contributed by atoms with Crippen LogP contribution in [-0.4, -0.2) is 38.2 Å². The van der Waals surface area contributed by atoms with Gasteiger partial charge in [-0.15, -0.1) is 0 Å². The molecule has 0 saturated heterocycles. The quantitative estimate of drug-likeness (QED) is 0.101. The Kier molecular flexibility index (Phi) is 15.5. The van der Waals surface area contributed by atoms with Crippen molar-refractivity contribution >= 4 is 159 Å². The lowest BCUT2D eigenvalue weighted by molar-refractivity contribution is 1.07. The summed E-state index contributed by atoms with van der Waals surface area (Å²) in [4.78, 5) is 21.0. The third-order valence-corrected chi connectivity index (χ3v) is 26.2. The number of rotatable bonds is 10. The number of hydrogen-bond donors (Lipinski definition) is 0. The molecule has 576 valence electrons. The lowest BCUT2D eigenvalue weighted by Gasteiger charge is -2.18. The van der Waals surface area contributed by atoms with Gasteiger partial charge in [0.2, 0.25) is 0 Å². The van der Waals surface area contributed by atoms with Crippen molar-refractivity contribution < 1.29 is 0 Å². The number of aromatic nitrogens is 8. The average Bonchev–Trinajstić information content (AvgIpc) is 1.38. The minimum Gasteiger partial charge on any atom is -0.309 e. The SMILES string of the molecule is C1=CCc2c(n(-c3cc(-c4ccc(-c5c6ccccc6nc6c5ccc5ccc(-c7ccccc7)nc56)cc4)cc(-n4c5ccccc5c5cc(-c6cccc7c6c6ccccc6n7-c6cc(C7=CC=C(c8c9ccccc9nc9c8ccc8cccnc89)Cc8ccccc87)cc(-n7c8ccccc8c8ccccc87)c6)ccc54)c3)c3ccccc23)C=C1. The van der Waals surface area contributed by atoms with Crippen LogP contribution in [0, 0.1) is 0 Å². The van der Waals surface area contributed by atoms with Crippen molar-refractivity contribution in [3.05, 3.63) is 440 Å². The number of benzene rings is 16. The maximum absolute atomic E-state index is 5.40. The zero-order chi connectivity index (χ0) is 81.2. The Hall–Kier alpha value is -16.4. The van der Waals surface area contributed by atoms with Gasteiger partial charge in [0.25, 0.3) is 0 Å². The zero-order valence-electron chi connectivity index (χ0n) is 67.3. The fourth-order valence-electron chi connectivity index (χ4n) is 20.8. The summed E-state index contributed by atoms with van der Waals surface area (Å²) in [5.74, 6) is 0. The smallest absolute Gasteiger partial charge is 0.0978 e. The molecule has 16 aromatic carbocycles. The van der Waals surface area contributed by atoms with Crippen LogP contribution < -0.4 is 0 Å². The van der Waals surface area contributed by atoms with Gasteiger partial charge in [-0.25, -0.2) is 15.0 Å². The van der Waals surface area contributed by atoms with E-state index >= 15 is 0 Å². The van der Waals surface area contributed by atoms with E-state index in [4.69, 9.17) is 19.9 Å². The molecule has 24 aromatic rings. The van der Waals surface area contributed by atoms with E-state index in [1.807, 2.05) is 18.3 Å². The largest absolute Gasteiger partial charge is 0.309 e. The lowest BCUT2D eigenvalue weighted by Crippen LogP contribution is -2.02. The molecule has 0 bridgehead atoms. The second kappa shape index (κ2) is 27.6. The molecule has 8 heterocycles. The number of pyridine rings is 4. The van der Waals surface area contributed by atoms with Crippen molar-refractivity contribution in [2.45, 2.75) is 12.8 Å². The van der Waals surface area contributed by atoms with E-state index < -0.39 is 0 Å². The van der Waals surface area contributed by atoms with E-state index in [2.05, 4.69) is 413 Å². The molecule has 0 amide bonds. The number of fused-ring (bicyclic) bond motifs is 21. The Balaban J connectivity index is 0.648. The molecule has 0 fully saturated rings. The van der Waals surface area contributed by atoms with Gasteiger partial charge < -0.3 is 18.3 Å². The highest BCUT2D eigenvalue weighted by Gasteiger charge is 2.28. The molecule has 0 radical (unpaired) electrons. The van der Waals surface area contributed by atoms with Crippen LogP contribution in [0.4, 0.5) is 0 Å². The maximum atomic E-state index is 5.40. The summed E-state index contributed by atoms with van der Waals surface area (Å²) in [7, 11) is 0. The molecular weight excluding hydrogens is 1510 g/mol. The van der Waals surface area contributed by atoms with Crippen LogP contribution in [0.25, 0.3) is 226 Å². The normalized spacial score (nSPS) is 13.0. The summed E-state index contributed by atoms with van der Waals surface area (Å²) in [6.45, 7) is 0. The third kappa shape index (κ3) is 10.8. The molecule has 124 heavy (non-hydrogen) atoms. The van der Waals surface area contributed by atoms with E-state index in [1.165, 1.54) is 76.7 Å². The van der Waals surface area contributed by atoms with E-state index in [0.717, 1.165) is 183 Å². The predicted octanol–water partition coefficient (Wildman–Crippen LogP) is 29.3. The van der Waals surface area contributed by atoms with Crippen LogP contribution in [0.1, 0.15) is 33.5 Å². The van der Waals surface area contributed by atoms with Crippen molar-refractivity contribution in [2.24, 2.45) is 0 Å². The van der Waals surface area contributed by atoms with Crippen molar-refractivity contribution in [3.8, 4) is 67.4 Å². The first-order valence-corrected chi connectivity index (χ1v) is 42.7. The van der Waals surface area contributed by atoms with Gasteiger partial charge in [-0.05, 0) is 195 Å². The van der Waals surface area contributed by atoms with Crippen molar-refractivity contribution in [1.82, 2.24) is 38.2 Å². The monoisotopic (exact) mass is 1580 g/mol. The molecule has 0 N–H and O–H groups in total. The van der Waals surface area contributed by atoms with Crippen molar-refractivity contribution in [2.75, 3.05) is 0 Å². The van der Waals surface area contributed by atoms with Gasteiger partial charge in [-0.1, -0.05) is 291 Å². The Morgan fingerprint density at radius 3 is 1.50 bits per heavy atom. The summed E-state index contributed by atoms with van der Waals surface area (Å²) >= 11 is 0. The molecule has 2 aliphatic rings. The molecule has 8 nitrogen and oxygen atoms in total. The second-order valence-corrected chi connectivity index (χ2v) is 33.0. The van der Waals surface area contributed by atoms with Crippen LogP contribution >= 0.6 is 0 Å². The number of hydrogen-bond acceptors (Lipinski definition) is 4. The van der Waals surface area contributed by atoms with Gasteiger partial charge >= 0.3 is 0 Å². The number of nitrogens with zero attached hydrogens (tertiary/aromatic N) is 8. The number of para-hydroxylation sites is 7. The standard InChI is InChI=1S/C116H72N8/c1-3-25-72(26-4-1)99-60-55-75-53-59-96-110(93-35-9-16-39-100(93)120-116(96)114(75)118-99)73-50-48-71(49-51-73)79-64-81(121-102-41-6-2-5-30-88(102)89-31-11-18-42-103(89)121)69-82(65-79)123-106-45-21-14-34-92(106)98-68-77(56-61-108(98)123)87-38-23-47-109-112(87)95-37-15-22-46-107(95)124(109)84-67-80(66-83(70-84)122-104-43-19-12-32-90(104)91-33-13-20-44-105(91)122)86-57-54-78(63-76-27-7-8-29-85(76)86)111-94-36-10-17-40-101(94)119-115-97(111)58-52-74-28-24-62-117-113(74)115/h1-29,31-62,64-70H,30,63H2. The predicted molar refractivity (Wildman–Crippen MR) is 518 cm³/mol. The summed E-state index contributed by atoms with van der Waals surface area (Å²) in [5.41, 5.74) is 36.1. The van der Waals surface area contributed by atoms with Crippen LogP contribution in [0.3, 0.4) is 0 Å². The summed E-state index contributed by atoms with van der Waals surface area (Å²) in [5, 5.41) is 14.9. The number of allylic oxidation sites excluding steroid dienone is 6. The summed E-state index contributed by atoms with van der Waals surface area (Å²) in [6, 6.07) is 136. The molecule has 0 aliphatic heterocycles. The second-order valence-electron chi connectivity index (χ2n) is 33.0. The Labute approximate surface area is 712 Å². The van der Waals surface area contributed by atoms with Gasteiger partial charge in [0.15, 0.2) is 0 Å². The van der Waals surface area contributed by atoms with E-state index in [1.54, 1.807) is 0 Å². The van der Waals surface area contributed by atoms with Crippen LogP contribution in [0.5, 0.6) is 0 Å². The molecular formula is C116H72N8. The summed E-state index contributed by atoms with van der Waals surface area (Å²) < 4.78 is 10.0. The van der Waals surface area contributed by atoms with Crippen molar-refractivity contribution in [1.29, 1.82) is 0 Å². The maximum Gasteiger partial charge on any atom is 0.0978 e. The van der Waals surface area contributed by atoms with E-state index in [0.29, 0.717) is 6.42 Å². The topological polar surface area (TPSA) is 71.3 Å². The van der Waals surface area contributed by atoms with Gasteiger partial charge in [0.05, 0.1) is 83.1 Å². The Morgan fingerprint density at radius 1 is 0.274 bits per heavy atom. The first kappa shape index (κ1) is 69.5. The van der Waals surface area contributed by atoms with E-state index in [9.17, 15) is 0 Å². The highest BCUT2D eigenvalue weighted by atomic mass is 15.0. The Morgan fingerprint density at radius 2 is 0.790 bits per heavy atom. The zero-order valence-corrected chi connectivity index (χ0v) is 67.3. The molecule has 0 spiro atoms. The molecule has 0 saturated carbocycles. The average molecular weight is 1580 g/mol.